The van der Waals surface area contributed by atoms with Gasteiger partial charge in [0.1, 0.15) is 22.8 Å². The van der Waals surface area contributed by atoms with Crippen molar-refractivity contribution in [2.75, 3.05) is 11.9 Å². The minimum atomic E-state index is -0.604. The van der Waals surface area contributed by atoms with E-state index >= 15 is 0 Å². The molecule has 0 spiro atoms. The largest absolute Gasteiger partial charge is 0.507 e. The van der Waals surface area contributed by atoms with Gasteiger partial charge >= 0.3 is 0 Å². The first-order chi connectivity index (χ1) is 9.63. The molecule has 0 saturated carbocycles. The Morgan fingerprint density at radius 1 is 1.10 bits per heavy atom. The van der Waals surface area contributed by atoms with Crippen molar-refractivity contribution in [2.45, 2.75) is 6.92 Å². The predicted octanol–water partition coefficient (Wildman–Crippen LogP) is 2.75. The number of carbonyl (C=O) groups excluding carboxylic acids is 1. The van der Waals surface area contributed by atoms with Gasteiger partial charge in [0.25, 0.3) is 5.91 Å². The van der Waals surface area contributed by atoms with E-state index in [-0.39, 0.29) is 17.1 Å². The highest BCUT2D eigenvalue weighted by molar-refractivity contribution is 6.08. The zero-order chi connectivity index (χ0) is 14.5. The second-order valence-electron chi connectivity index (χ2n) is 4.05. The Kier molecular flexibility index (Phi) is 4.10. The molecule has 104 valence electrons. The summed E-state index contributed by atoms with van der Waals surface area (Å²) in [6, 6.07) is 11.1. The van der Waals surface area contributed by atoms with Gasteiger partial charge in [-0.1, -0.05) is 18.2 Å². The van der Waals surface area contributed by atoms with Crippen molar-refractivity contribution in [2.24, 2.45) is 0 Å². The third-order valence-corrected chi connectivity index (χ3v) is 2.68. The predicted molar refractivity (Wildman–Crippen MR) is 75.3 cm³/mol. The van der Waals surface area contributed by atoms with E-state index in [1.807, 2.05) is 6.92 Å². The Morgan fingerprint density at radius 3 is 2.40 bits per heavy atom. The van der Waals surface area contributed by atoms with Crippen LogP contribution in [0, 0.1) is 0 Å². The van der Waals surface area contributed by atoms with Crippen LogP contribution >= 0.6 is 0 Å². The molecular formula is C15H15NO4. The number of nitrogens with one attached hydrogen (secondary N) is 1. The normalized spacial score (nSPS) is 10.1. The second kappa shape index (κ2) is 5.97. The van der Waals surface area contributed by atoms with Gasteiger partial charge in [-0.2, -0.15) is 0 Å². The Bertz CT molecular complexity index is 605. The fourth-order valence-electron chi connectivity index (χ4n) is 1.80. The Labute approximate surface area is 116 Å². The number of ether oxygens (including phenoxy) is 1. The van der Waals surface area contributed by atoms with Gasteiger partial charge in [0.05, 0.1) is 12.3 Å². The standard InChI is InChI=1S/C15H15NO4/c1-2-20-13-9-4-3-6-10(13)16-15(19)14-11(17)7-5-8-12(14)18/h3-9,17-18H,2H2,1H3,(H,16,19). The highest BCUT2D eigenvalue weighted by Crippen LogP contribution is 2.29. The molecule has 0 aromatic heterocycles. The van der Waals surface area contributed by atoms with Crippen LogP contribution in [0.4, 0.5) is 5.69 Å². The summed E-state index contributed by atoms with van der Waals surface area (Å²) < 4.78 is 5.39. The van der Waals surface area contributed by atoms with Gasteiger partial charge in [0.2, 0.25) is 0 Å². The molecule has 0 unspecified atom stereocenters. The van der Waals surface area contributed by atoms with Crippen molar-refractivity contribution < 1.29 is 19.7 Å². The molecule has 0 heterocycles. The number of aromatic hydroxyl groups is 2. The molecule has 0 aliphatic carbocycles. The topological polar surface area (TPSA) is 78.8 Å². The Hall–Kier alpha value is -2.69. The smallest absolute Gasteiger partial charge is 0.263 e. The number of anilines is 1. The first kappa shape index (κ1) is 13.7. The first-order valence-corrected chi connectivity index (χ1v) is 6.17. The average molecular weight is 273 g/mol. The van der Waals surface area contributed by atoms with Crippen molar-refractivity contribution in [3.05, 3.63) is 48.0 Å². The zero-order valence-corrected chi connectivity index (χ0v) is 11.0. The summed E-state index contributed by atoms with van der Waals surface area (Å²) in [5.41, 5.74) is 0.306. The minimum Gasteiger partial charge on any atom is -0.507 e. The van der Waals surface area contributed by atoms with Crippen molar-refractivity contribution in [3.63, 3.8) is 0 Å². The molecular weight excluding hydrogens is 258 g/mol. The van der Waals surface area contributed by atoms with Gasteiger partial charge < -0.3 is 20.3 Å². The fraction of sp³-hybridized carbons (Fsp3) is 0.133. The lowest BCUT2D eigenvalue weighted by Gasteiger charge is -2.12. The van der Waals surface area contributed by atoms with Crippen LogP contribution in [0.15, 0.2) is 42.5 Å². The van der Waals surface area contributed by atoms with Gasteiger partial charge in [0.15, 0.2) is 0 Å². The molecule has 0 atom stereocenters. The van der Waals surface area contributed by atoms with Crippen molar-refractivity contribution in [1.29, 1.82) is 0 Å². The van der Waals surface area contributed by atoms with Crippen LogP contribution in [-0.4, -0.2) is 22.7 Å². The maximum atomic E-state index is 12.1. The molecule has 2 rings (SSSR count). The summed E-state index contributed by atoms with van der Waals surface area (Å²) in [6.45, 7) is 2.31. The van der Waals surface area contributed by atoms with Crippen molar-refractivity contribution in [3.8, 4) is 17.2 Å². The van der Waals surface area contributed by atoms with Crippen LogP contribution in [0.2, 0.25) is 0 Å². The lowest BCUT2D eigenvalue weighted by atomic mass is 10.1. The summed E-state index contributed by atoms with van der Waals surface area (Å²) in [5, 5.41) is 21.9. The number of carbonyl (C=O) groups is 1. The molecule has 0 aliphatic rings. The first-order valence-electron chi connectivity index (χ1n) is 6.17. The van der Waals surface area contributed by atoms with Crippen molar-refractivity contribution >= 4 is 11.6 Å². The highest BCUT2D eigenvalue weighted by Gasteiger charge is 2.17. The van der Waals surface area contributed by atoms with Gasteiger partial charge in [-0.3, -0.25) is 4.79 Å². The number of rotatable bonds is 4. The Morgan fingerprint density at radius 2 is 1.75 bits per heavy atom. The number of phenols is 2. The summed E-state index contributed by atoms with van der Waals surface area (Å²) in [4.78, 5) is 12.1. The molecule has 0 saturated heterocycles. The maximum Gasteiger partial charge on any atom is 0.263 e. The van der Waals surface area contributed by atoms with Crippen LogP contribution in [-0.2, 0) is 0 Å². The molecule has 0 aliphatic heterocycles. The molecule has 0 fully saturated rings. The lowest BCUT2D eigenvalue weighted by molar-refractivity contribution is 0.102. The number of hydrogen-bond acceptors (Lipinski definition) is 4. The van der Waals surface area contributed by atoms with Crippen LogP contribution in [0.5, 0.6) is 17.2 Å². The fourth-order valence-corrected chi connectivity index (χ4v) is 1.80. The van der Waals surface area contributed by atoms with Gasteiger partial charge in [0, 0.05) is 0 Å². The summed E-state index contributed by atoms with van der Waals surface area (Å²) in [7, 11) is 0. The third kappa shape index (κ3) is 2.83. The van der Waals surface area contributed by atoms with Gasteiger partial charge in [-0.05, 0) is 31.2 Å². The van der Waals surface area contributed by atoms with E-state index in [2.05, 4.69) is 5.32 Å². The van der Waals surface area contributed by atoms with Crippen LogP contribution in [0.25, 0.3) is 0 Å². The maximum absolute atomic E-state index is 12.1. The number of para-hydroxylation sites is 2. The molecule has 3 N–H and O–H groups in total. The molecule has 0 bridgehead atoms. The molecule has 5 heteroatoms. The monoisotopic (exact) mass is 273 g/mol. The van der Waals surface area contributed by atoms with Gasteiger partial charge in [-0.15, -0.1) is 0 Å². The zero-order valence-electron chi connectivity index (χ0n) is 11.0. The molecule has 5 nitrogen and oxygen atoms in total. The quantitative estimate of drug-likeness (QED) is 0.800. The number of hydrogen-bond donors (Lipinski definition) is 3. The van der Waals surface area contributed by atoms with E-state index in [0.29, 0.717) is 18.0 Å². The van der Waals surface area contributed by atoms with E-state index in [1.165, 1.54) is 18.2 Å². The third-order valence-electron chi connectivity index (χ3n) is 2.68. The summed E-state index contributed by atoms with van der Waals surface area (Å²) in [5.74, 6) is -0.640. The van der Waals surface area contributed by atoms with E-state index in [1.54, 1.807) is 24.3 Å². The number of phenolic OH excluding ortho intramolecular Hbond substituents is 2. The molecule has 2 aromatic rings. The molecule has 2 aromatic carbocycles. The van der Waals surface area contributed by atoms with Gasteiger partial charge in [-0.25, -0.2) is 0 Å². The van der Waals surface area contributed by atoms with Crippen LogP contribution in [0.1, 0.15) is 17.3 Å². The SMILES string of the molecule is CCOc1ccccc1NC(=O)c1c(O)cccc1O. The Balaban J connectivity index is 2.28. The average Bonchev–Trinajstić information content (AvgIpc) is 2.41. The van der Waals surface area contributed by atoms with E-state index < -0.39 is 5.91 Å². The van der Waals surface area contributed by atoms with Crippen LogP contribution < -0.4 is 10.1 Å². The van der Waals surface area contributed by atoms with Crippen LogP contribution in [0.3, 0.4) is 0 Å². The van der Waals surface area contributed by atoms with E-state index in [9.17, 15) is 15.0 Å². The number of benzene rings is 2. The molecule has 0 radical (unpaired) electrons. The lowest BCUT2D eigenvalue weighted by Crippen LogP contribution is -2.13. The second-order valence-corrected chi connectivity index (χ2v) is 4.05. The number of amides is 1. The highest BCUT2D eigenvalue weighted by atomic mass is 16.5. The molecule has 1 amide bonds. The summed E-state index contributed by atoms with van der Waals surface area (Å²) in [6.07, 6.45) is 0. The molecule has 20 heavy (non-hydrogen) atoms. The summed E-state index contributed by atoms with van der Waals surface area (Å²) >= 11 is 0. The van der Waals surface area contributed by atoms with E-state index in [4.69, 9.17) is 4.74 Å². The minimum absolute atomic E-state index is 0.168. The van der Waals surface area contributed by atoms with Crippen molar-refractivity contribution in [1.82, 2.24) is 0 Å². The van der Waals surface area contributed by atoms with E-state index in [0.717, 1.165) is 0 Å².